The minimum Gasteiger partial charge on any atom is -0.336 e. The zero-order valence-electron chi connectivity index (χ0n) is 11.9. The summed E-state index contributed by atoms with van der Waals surface area (Å²) in [7, 11) is 0. The molecule has 0 unspecified atom stereocenters. The molecule has 98 valence electrons. The molecule has 0 aromatic carbocycles. The normalized spacial score (nSPS) is 16.1. The predicted molar refractivity (Wildman–Crippen MR) is 72.8 cm³/mol. The van der Waals surface area contributed by atoms with Crippen LogP contribution in [-0.2, 0) is 11.8 Å². The Kier molecular flexibility index (Phi) is 3.18. The summed E-state index contributed by atoms with van der Waals surface area (Å²) in [6, 6.07) is 4.19. The SMILES string of the molecule is CC(C)N1CCc2nc(C(C)(C)C)ccc2C1=O. The van der Waals surface area contributed by atoms with E-state index >= 15 is 0 Å². The Balaban J connectivity index is 2.39. The number of fused-ring (bicyclic) bond motifs is 1. The second-order valence-corrected chi connectivity index (χ2v) is 6.28. The molecule has 0 fully saturated rings. The van der Waals surface area contributed by atoms with Crippen LogP contribution < -0.4 is 0 Å². The van der Waals surface area contributed by atoms with Gasteiger partial charge >= 0.3 is 0 Å². The van der Waals surface area contributed by atoms with Gasteiger partial charge < -0.3 is 4.90 Å². The minimum atomic E-state index is 0.0350. The van der Waals surface area contributed by atoms with E-state index in [1.165, 1.54) is 0 Å². The lowest BCUT2D eigenvalue weighted by molar-refractivity contribution is 0.0686. The van der Waals surface area contributed by atoms with E-state index in [0.29, 0.717) is 0 Å². The van der Waals surface area contributed by atoms with Gasteiger partial charge in [-0.15, -0.1) is 0 Å². The van der Waals surface area contributed by atoms with E-state index in [-0.39, 0.29) is 17.4 Å². The highest BCUT2D eigenvalue weighted by atomic mass is 16.2. The van der Waals surface area contributed by atoms with Crippen molar-refractivity contribution in [1.29, 1.82) is 0 Å². The summed E-state index contributed by atoms with van der Waals surface area (Å²) in [4.78, 5) is 18.9. The first-order valence-electron chi connectivity index (χ1n) is 6.62. The molecule has 1 aromatic heterocycles. The first kappa shape index (κ1) is 13.1. The molecule has 3 nitrogen and oxygen atoms in total. The number of pyridine rings is 1. The maximum Gasteiger partial charge on any atom is 0.255 e. The van der Waals surface area contributed by atoms with Gasteiger partial charge in [-0.1, -0.05) is 20.8 Å². The fraction of sp³-hybridized carbons (Fsp3) is 0.600. The number of carbonyl (C=O) groups excluding carboxylic acids is 1. The maximum atomic E-state index is 12.3. The van der Waals surface area contributed by atoms with Crippen molar-refractivity contribution in [1.82, 2.24) is 9.88 Å². The first-order chi connectivity index (χ1) is 8.30. The Bertz CT molecular complexity index is 472. The van der Waals surface area contributed by atoms with Crippen LogP contribution in [0.15, 0.2) is 12.1 Å². The average Bonchev–Trinajstić information content (AvgIpc) is 2.27. The van der Waals surface area contributed by atoms with Crippen molar-refractivity contribution in [3.8, 4) is 0 Å². The van der Waals surface area contributed by atoms with Crippen LogP contribution in [-0.4, -0.2) is 28.4 Å². The second-order valence-electron chi connectivity index (χ2n) is 6.28. The lowest BCUT2D eigenvalue weighted by Gasteiger charge is -2.32. The van der Waals surface area contributed by atoms with Gasteiger partial charge in [0.05, 0.1) is 11.3 Å². The Morgan fingerprint density at radius 2 is 1.94 bits per heavy atom. The summed E-state index contributed by atoms with van der Waals surface area (Å²) in [5, 5.41) is 0. The third-order valence-corrected chi connectivity index (χ3v) is 3.45. The summed E-state index contributed by atoms with van der Waals surface area (Å²) in [6.45, 7) is 11.3. The largest absolute Gasteiger partial charge is 0.336 e. The molecule has 1 amide bonds. The monoisotopic (exact) mass is 246 g/mol. The van der Waals surface area contributed by atoms with Gasteiger partial charge in [0.15, 0.2) is 0 Å². The smallest absolute Gasteiger partial charge is 0.255 e. The summed E-state index contributed by atoms with van der Waals surface area (Å²) in [6.07, 6.45) is 0.864. The van der Waals surface area contributed by atoms with E-state index in [1.54, 1.807) is 0 Å². The van der Waals surface area contributed by atoms with Crippen molar-refractivity contribution < 1.29 is 4.79 Å². The van der Waals surface area contributed by atoms with Gasteiger partial charge in [-0.05, 0) is 26.0 Å². The summed E-state index contributed by atoms with van der Waals surface area (Å²) in [5.41, 5.74) is 2.84. The molecule has 0 spiro atoms. The van der Waals surface area contributed by atoms with Crippen molar-refractivity contribution >= 4 is 5.91 Å². The van der Waals surface area contributed by atoms with E-state index in [2.05, 4.69) is 39.6 Å². The van der Waals surface area contributed by atoms with Crippen molar-refractivity contribution in [2.75, 3.05) is 6.54 Å². The Morgan fingerprint density at radius 3 is 2.50 bits per heavy atom. The quantitative estimate of drug-likeness (QED) is 0.763. The maximum absolute atomic E-state index is 12.3. The fourth-order valence-corrected chi connectivity index (χ4v) is 2.28. The van der Waals surface area contributed by atoms with Crippen LogP contribution in [0.2, 0.25) is 0 Å². The van der Waals surface area contributed by atoms with Gasteiger partial charge in [0.25, 0.3) is 5.91 Å². The summed E-state index contributed by atoms with van der Waals surface area (Å²) in [5.74, 6) is 0.124. The number of rotatable bonds is 1. The molecule has 2 rings (SSSR count). The number of nitrogens with zero attached hydrogens (tertiary/aromatic N) is 2. The molecule has 3 heteroatoms. The highest BCUT2D eigenvalue weighted by Crippen LogP contribution is 2.25. The summed E-state index contributed by atoms with van der Waals surface area (Å²) < 4.78 is 0. The van der Waals surface area contributed by atoms with Crippen LogP contribution in [0.5, 0.6) is 0 Å². The van der Waals surface area contributed by atoms with Crippen LogP contribution in [0.3, 0.4) is 0 Å². The van der Waals surface area contributed by atoms with Crippen molar-refractivity contribution in [2.24, 2.45) is 0 Å². The van der Waals surface area contributed by atoms with Crippen molar-refractivity contribution in [3.63, 3.8) is 0 Å². The highest BCUT2D eigenvalue weighted by molar-refractivity contribution is 5.96. The van der Waals surface area contributed by atoms with E-state index < -0.39 is 0 Å². The van der Waals surface area contributed by atoms with Crippen LogP contribution in [0, 0.1) is 0 Å². The third kappa shape index (κ3) is 2.26. The number of hydrogen-bond donors (Lipinski definition) is 0. The molecule has 0 aliphatic carbocycles. The Hall–Kier alpha value is -1.38. The molecule has 0 saturated heterocycles. The zero-order chi connectivity index (χ0) is 13.5. The van der Waals surface area contributed by atoms with Gasteiger partial charge in [0.1, 0.15) is 0 Å². The molecule has 1 aliphatic rings. The molecule has 2 heterocycles. The molecular formula is C15H22N2O. The number of aromatic nitrogens is 1. The standard InChI is InChI=1S/C15H22N2O/c1-10(2)17-9-8-12-11(14(17)18)6-7-13(16-12)15(3,4)5/h6-7,10H,8-9H2,1-5H3. The topological polar surface area (TPSA) is 33.2 Å². The number of hydrogen-bond acceptors (Lipinski definition) is 2. The zero-order valence-corrected chi connectivity index (χ0v) is 11.9. The number of amides is 1. The van der Waals surface area contributed by atoms with Gasteiger partial charge in [0, 0.05) is 30.1 Å². The first-order valence-corrected chi connectivity index (χ1v) is 6.62. The van der Waals surface area contributed by atoms with E-state index in [0.717, 1.165) is 29.9 Å². The number of carbonyl (C=O) groups is 1. The predicted octanol–water partition coefficient (Wildman–Crippen LogP) is 2.79. The molecule has 1 aromatic rings. The molecule has 0 saturated carbocycles. The molecule has 0 N–H and O–H groups in total. The summed E-state index contributed by atoms with van der Waals surface area (Å²) >= 11 is 0. The van der Waals surface area contributed by atoms with Crippen LogP contribution >= 0.6 is 0 Å². The van der Waals surface area contributed by atoms with E-state index in [1.807, 2.05) is 17.0 Å². The van der Waals surface area contributed by atoms with E-state index in [9.17, 15) is 4.79 Å². The van der Waals surface area contributed by atoms with Gasteiger partial charge in [-0.3, -0.25) is 9.78 Å². The third-order valence-electron chi connectivity index (χ3n) is 3.45. The van der Waals surface area contributed by atoms with Crippen molar-refractivity contribution in [2.45, 2.75) is 52.5 Å². The molecule has 0 bridgehead atoms. The molecule has 1 aliphatic heterocycles. The second kappa shape index (κ2) is 4.38. The van der Waals surface area contributed by atoms with Gasteiger partial charge in [0.2, 0.25) is 0 Å². The Morgan fingerprint density at radius 1 is 1.28 bits per heavy atom. The molecular weight excluding hydrogens is 224 g/mol. The molecule has 0 radical (unpaired) electrons. The van der Waals surface area contributed by atoms with Crippen LogP contribution in [0.4, 0.5) is 0 Å². The van der Waals surface area contributed by atoms with Gasteiger partial charge in [-0.2, -0.15) is 0 Å². The average molecular weight is 246 g/mol. The van der Waals surface area contributed by atoms with Crippen molar-refractivity contribution in [3.05, 3.63) is 29.1 Å². The highest BCUT2D eigenvalue weighted by Gasteiger charge is 2.28. The van der Waals surface area contributed by atoms with E-state index in [4.69, 9.17) is 0 Å². The lowest BCUT2D eigenvalue weighted by atomic mass is 9.90. The van der Waals surface area contributed by atoms with Crippen LogP contribution in [0.25, 0.3) is 0 Å². The Labute approximate surface area is 109 Å². The van der Waals surface area contributed by atoms with Gasteiger partial charge in [-0.25, -0.2) is 0 Å². The molecule has 0 atom stereocenters. The lowest BCUT2D eigenvalue weighted by Crippen LogP contribution is -2.42. The minimum absolute atomic E-state index is 0.0350. The molecule has 18 heavy (non-hydrogen) atoms. The fourth-order valence-electron chi connectivity index (χ4n) is 2.28. The van der Waals surface area contributed by atoms with Crippen LogP contribution in [0.1, 0.15) is 56.4 Å².